The summed E-state index contributed by atoms with van der Waals surface area (Å²) >= 11 is 0. The Morgan fingerprint density at radius 3 is 1.00 bits per heavy atom. The van der Waals surface area contributed by atoms with Crippen LogP contribution in [-0.4, -0.2) is 13.9 Å². The van der Waals surface area contributed by atoms with Crippen LogP contribution >= 0.6 is 0 Å². The van der Waals surface area contributed by atoms with Gasteiger partial charge in [-0.15, -0.1) is 0 Å². The molecule has 0 bridgehead atoms. The minimum absolute atomic E-state index is 0. The van der Waals surface area contributed by atoms with Gasteiger partial charge in [-0.25, -0.2) is 0 Å². The Kier molecular flexibility index (Phi) is 1700000. The second-order valence-corrected chi connectivity index (χ2v) is 0. The summed E-state index contributed by atoms with van der Waals surface area (Å²) < 4.78 is 0. The fourth-order valence-corrected chi connectivity index (χ4v) is 0. The molecule has 0 heterocycles. The highest BCUT2D eigenvalue weighted by Gasteiger charge is 0.00000911. The van der Waals surface area contributed by atoms with Crippen molar-refractivity contribution in [2.24, 2.45) is 0 Å². The monoisotopic (exact) mass is 66.1 g/mol. The highest BCUT2D eigenvalue weighted by molar-refractivity contribution is 5.75. The maximum Gasteiger partial charge on any atom is 0 e. The number of rotatable bonds is 0. The Morgan fingerprint density at radius 1 is 1.00 bits per heavy atom. The lowest BCUT2D eigenvalue weighted by atomic mass is 10.8. The van der Waals surface area contributed by atoms with Gasteiger partial charge in [0.2, 0.25) is 0 Å². The van der Waals surface area contributed by atoms with Crippen molar-refractivity contribution in [1.82, 2.24) is 6.15 Å². The zero-order chi connectivity index (χ0) is 0. The van der Waals surface area contributed by atoms with Crippen molar-refractivity contribution in [2.45, 2.75) is 0 Å². The highest BCUT2D eigenvalue weighted by atomic mass is 19.0. The predicted molar refractivity (Wildman–Crippen MR) is 16.9 cm³/mol. The van der Waals surface area contributed by atoms with Crippen molar-refractivity contribution < 1.29 is 10.2 Å². The topological polar surface area (TPSA) is 66.5 Å². The minimum Gasteiger partial charge on any atom is -0.412 e. The fourth-order valence-electron chi connectivity index (χ4n) is 0. The van der Waals surface area contributed by atoms with Crippen LogP contribution in [0.2, 0.25) is 0 Å². The summed E-state index contributed by atoms with van der Waals surface area (Å²) in [4.78, 5) is 0. The average molecular weight is 65.9 g/mol. The van der Waals surface area contributed by atoms with Gasteiger partial charge in [0.1, 0.15) is 0 Å². The van der Waals surface area contributed by atoms with Crippen molar-refractivity contribution in [3.05, 3.63) is 0 Å². The summed E-state index contributed by atoms with van der Waals surface area (Å²) in [6.07, 6.45) is 0. The molecule has 5 N–H and O–H groups in total. The molecule has 0 aliphatic rings. The van der Waals surface area contributed by atoms with Gasteiger partial charge in [0.15, 0.2) is 0 Å². The third kappa shape index (κ3) is 222. The van der Waals surface area contributed by atoms with Gasteiger partial charge < -0.3 is 11.6 Å². The van der Waals surface area contributed by atoms with E-state index in [2.05, 4.69) is 0 Å². The van der Waals surface area contributed by atoms with Crippen LogP contribution in [0.1, 0.15) is 0 Å². The van der Waals surface area contributed by atoms with E-state index in [1.807, 2.05) is 0 Å². The van der Waals surface area contributed by atoms with Gasteiger partial charge in [0.25, 0.3) is 0 Å². The molecule has 0 unspecified atom stereocenters. The molecule has 0 amide bonds. The molecule has 4 heteroatoms. The molecular weight excluding hydrogens is 59.8 g/mol. The normalized spacial score (nSPS) is 0. The zero-order valence-electron chi connectivity index (χ0n) is 2.19. The summed E-state index contributed by atoms with van der Waals surface area (Å²) in [6, 6.07) is 0. The van der Waals surface area contributed by atoms with Gasteiger partial charge in [0.05, 0.1) is 0 Å². The van der Waals surface area contributed by atoms with Crippen molar-refractivity contribution in [2.75, 3.05) is 0 Å². The maximum atomic E-state index is 0. The molecule has 0 aromatic carbocycles. The molecule has 0 aliphatic carbocycles. The van der Waals surface area contributed by atoms with Gasteiger partial charge in [-0.1, -0.05) is 0 Å². The SMILES string of the molecule is F.N.O.[B]. The van der Waals surface area contributed by atoms with Crippen LogP contribution in [-0.2, 0) is 0 Å². The van der Waals surface area contributed by atoms with Crippen molar-refractivity contribution in [1.29, 1.82) is 0 Å². The van der Waals surface area contributed by atoms with E-state index in [1.54, 1.807) is 0 Å². The number of hydrogen-bond donors (Lipinski definition) is 1. The summed E-state index contributed by atoms with van der Waals surface area (Å²) in [5.74, 6) is 0. The molecule has 0 aromatic rings. The number of hydrogen-bond acceptors (Lipinski definition) is 1. The molecule has 27 valence electrons. The first-order valence-corrected chi connectivity index (χ1v) is 0. The van der Waals surface area contributed by atoms with E-state index < -0.39 is 0 Å². The molecule has 0 aromatic heterocycles. The third-order valence-electron chi connectivity index (χ3n) is 0. The van der Waals surface area contributed by atoms with Gasteiger partial charge in [-0.2, -0.15) is 0 Å². The summed E-state index contributed by atoms with van der Waals surface area (Å²) in [7, 11) is 0. The van der Waals surface area contributed by atoms with Gasteiger partial charge in [-0.3, -0.25) is 4.70 Å². The van der Waals surface area contributed by atoms with Gasteiger partial charge in [-0.05, 0) is 0 Å². The summed E-state index contributed by atoms with van der Waals surface area (Å²) in [5.41, 5.74) is 0. The smallest absolute Gasteiger partial charge is 0 e. The van der Waals surface area contributed by atoms with Crippen molar-refractivity contribution in [3.63, 3.8) is 0 Å². The van der Waals surface area contributed by atoms with Gasteiger partial charge >= 0.3 is 0 Å². The quantitative estimate of drug-likeness (QED) is 0.366. The van der Waals surface area contributed by atoms with E-state index in [4.69, 9.17) is 0 Å². The first-order chi connectivity index (χ1) is 0. The molecule has 0 aliphatic heterocycles. The van der Waals surface area contributed by atoms with E-state index in [0.717, 1.165) is 0 Å². The van der Waals surface area contributed by atoms with Crippen molar-refractivity contribution in [3.8, 4) is 0 Å². The second-order valence-electron chi connectivity index (χ2n) is 0. The molecule has 0 saturated carbocycles. The van der Waals surface area contributed by atoms with E-state index in [-0.39, 0.29) is 24.7 Å². The lowest BCUT2D eigenvalue weighted by molar-refractivity contribution is 0.824. The summed E-state index contributed by atoms with van der Waals surface area (Å²) in [6.45, 7) is 0. The first-order valence-electron chi connectivity index (χ1n) is 0. The highest BCUT2D eigenvalue weighted by Crippen LogP contribution is 0.420. The van der Waals surface area contributed by atoms with Crippen LogP contribution < -0.4 is 6.15 Å². The van der Waals surface area contributed by atoms with E-state index >= 15 is 0 Å². The maximum absolute atomic E-state index is 0. The molecule has 0 atom stereocenters. The molecular formula is H6BFNO. The molecule has 0 rings (SSSR count). The van der Waals surface area contributed by atoms with E-state index in [1.165, 1.54) is 0 Å². The average Bonchev–Trinajstić information content (AvgIpc) is 0. The van der Waals surface area contributed by atoms with Crippen LogP contribution in [0.4, 0.5) is 4.70 Å². The first kappa shape index (κ1) is 4600. The largest absolute Gasteiger partial charge is 0.412 e. The van der Waals surface area contributed by atoms with Crippen LogP contribution in [0.15, 0.2) is 0 Å². The fraction of sp³-hybridized carbons (Fsp3) is 0. The van der Waals surface area contributed by atoms with E-state index in [9.17, 15) is 0 Å². The molecule has 0 spiro atoms. The standard InChI is InChI=1S/B.FH.H3N.H2O/h;1H;1H3;1H2. The van der Waals surface area contributed by atoms with Crippen LogP contribution in [0.5, 0.6) is 0 Å². The lowest BCUT2D eigenvalue weighted by Crippen LogP contribution is -0.481. The molecule has 2 nitrogen and oxygen atoms in total. The number of halogens is 1. The minimum atomic E-state index is 0. The van der Waals surface area contributed by atoms with Gasteiger partial charge in [0, 0.05) is 8.41 Å². The molecule has 0 fully saturated rings. The van der Waals surface area contributed by atoms with E-state index in [0.29, 0.717) is 0 Å². The van der Waals surface area contributed by atoms with Crippen molar-refractivity contribution >= 4 is 8.41 Å². The second kappa shape index (κ2) is 1480. The third-order valence-corrected chi connectivity index (χ3v) is 0. The van der Waals surface area contributed by atoms with Crippen LogP contribution in [0, 0.1) is 0 Å². The lowest BCUT2D eigenvalue weighted by Gasteiger charge is -0.412. The zero-order valence-corrected chi connectivity index (χ0v) is 2.19. The Balaban J connectivity index is 0. The predicted octanol–water partition coefficient (Wildman–Crippen LogP) is -0.891. The molecule has 4 heavy (non-hydrogen) atoms. The Bertz CT molecular complexity index is 8.00. The molecule has 3 radical (unpaired) electrons. The Labute approximate surface area is 26.0 Å². The van der Waals surface area contributed by atoms with Crippen LogP contribution in [0.3, 0.4) is 0 Å². The van der Waals surface area contributed by atoms with Crippen LogP contribution in [0.25, 0.3) is 0 Å². The summed E-state index contributed by atoms with van der Waals surface area (Å²) in [5, 5.41) is 0. The Morgan fingerprint density at radius 2 is 1.00 bits per heavy atom. The molecule has 0 saturated heterocycles. The Hall–Kier alpha value is -0.0851.